The molecule has 0 spiro atoms. The van der Waals surface area contributed by atoms with Crippen molar-refractivity contribution in [2.24, 2.45) is 5.41 Å². The molecule has 0 atom stereocenters. The number of carboxylic acids is 1. The highest BCUT2D eigenvalue weighted by atomic mass is 16.4. The fraction of sp³-hybridized carbons (Fsp3) is 0.462. The van der Waals surface area contributed by atoms with Crippen molar-refractivity contribution < 1.29 is 14.7 Å². The molecule has 1 rings (SSSR count). The second-order valence-corrected chi connectivity index (χ2v) is 5.28. The van der Waals surface area contributed by atoms with Gasteiger partial charge in [-0.3, -0.25) is 4.79 Å². The van der Waals surface area contributed by atoms with E-state index in [9.17, 15) is 9.59 Å². The number of amides is 1. The minimum atomic E-state index is -1.14. The number of hydrogen-bond donors (Lipinski definition) is 2. The minimum Gasteiger partial charge on any atom is -0.477 e. The number of carboxylic acid groups (broad SMARTS) is 1. The Kier molecular flexibility index (Phi) is 4.42. The normalized spacial score (nSPS) is 11.1. The summed E-state index contributed by atoms with van der Waals surface area (Å²) in [7, 11) is 0. The molecule has 1 aromatic rings. The summed E-state index contributed by atoms with van der Waals surface area (Å²) in [6, 6.07) is 4.36. The summed E-state index contributed by atoms with van der Waals surface area (Å²) >= 11 is 0. The van der Waals surface area contributed by atoms with Crippen LogP contribution in [-0.2, 0) is 0 Å². The Morgan fingerprint density at radius 1 is 1.28 bits per heavy atom. The summed E-state index contributed by atoms with van der Waals surface area (Å²) in [5.74, 6) is -1.48. The largest absolute Gasteiger partial charge is 0.477 e. The summed E-state index contributed by atoms with van der Waals surface area (Å²) in [4.78, 5) is 26.2. The zero-order valence-electron chi connectivity index (χ0n) is 10.9. The predicted octanol–water partition coefficient (Wildman–Crippen LogP) is 1.95. The fourth-order valence-electron chi connectivity index (χ4n) is 1.32. The molecule has 5 nitrogen and oxygen atoms in total. The monoisotopic (exact) mass is 250 g/mol. The molecule has 0 aliphatic heterocycles. The van der Waals surface area contributed by atoms with E-state index in [1.165, 1.54) is 18.2 Å². The van der Waals surface area contributed by atoms with Gasteiger partial charge in [0.2, 0.25) is 0 Å². The first-order valence-electron chi connectivity index (χ1n) is 5.78. The minimum absolute atomic E-state index is 0.126. The summed E-state index contributed by atoms with van der Waals surface area (Å²) in [5.41, 5.74) is 0.145. The number of hydrogen-bond acceptors (Lipinski definition) is 3. The Morgan fingerprint density at radius 3 is 2.44 bits per heavy atom. The van der Waals surface area contributed by atoms with E-state index in [0.29, 0.717) is 6.54 Å². The van der Waals surface area contributed by atoms with E-state index < -0.39 is 5.97 Å². The third-order valence-corrected chi connectivity index (χ3v) is 2.36. The van der Waals surface area contributed by atoms with Crippen molar-refractivity contribution in [3.8, 4) is 0 Å². The van der Waals surface area contributed by atoms with Gasteiger partial charge in [0.1, 0.15) is 11.4 Å². The molecule has 2 N–H and O–H groups in total. The molecule has 18 heavy (non-hydrogen) atoms. The number of nitrogens with one attached hydrogen (secondary N) is 1. The zero-order chi connectivity index (χ0) is 13.8. The molecule has 0 aromatic carbocycles. The van der Waals surface area contributed by atoms with E-state index in [1.54, 1.807) is 0 Å². The third-order valence-electron chi connectivity index (χ3n) is 2.36. The van der Waals surface area contributed by atoms with Crippen molar-refractivity contribution in [3.63, 3.8) is 0 Å². The number of nitrogens with zero attached hydrogens (tertiary/aromatic N) is 1. The Morgan fingerprint density at radius 2 is 1.89 bits per heavy atom. The Balaban J connectivity index is 2.62. The number of aromatic carboxylic acids is 1. The van der Waals surface area contributed by atoms with Crippen molar-refractivity contribution in [3.05, 3.63) is 29.6 Å². The van der Waals surface area contributed by atoms with Gasteiger partial charge in [0.15, 0.2) is 0 Å². The summed E-state index contributed by atoms with van der Waals surface area (Å²) in [5, 5.41) is 11.5. The molecule has 98 valence electrons. The van der Waals surface area contributed by atoms with Gasteiger partial charge in [-0.25, -0.2) is 9.78 Å². The first kappa shape index (κ1) is 14.2. The lowest BCUT2D eigenvalue weighted by atomic mass is 9.92. The molecule has 5 heteroatoms. The lowest BCUT2D eigenvalue weighted by Crippen LogP contribution is -2.28. The van der Waals surface area contributed by atoms with E-state index in [4.69, 9.17) is 5.11 Å². The van der Waals surface area contributed by atoms with Crippen molar-refractivity contribution in [1.82, 2.24) is 10.3 Å². The van der Waals surface area contributed by atoms with E-state index in [2.05, 4.69) is 31.1 Å². The average molecular weight is 250 g/mol. The highest BCUT2D eigenvalue weighted by molar-refractivity contribution is 5.94. The molecule has 1 heterocycles. The van der Waals surface area contributed by atoms with E-state index in [-0.39, 0.29) is 22.7 Å². The van der Waals surface area contributed by atoms with E-state index in [0.717, 1.165) is 6.42 Å². The van der Waals surface area contributed by atoms with Gasteiger partial charge in [-0.05, 0) is 24.0 Å². The van der Waals surface area contributed by atoms with Crippen molar-refractivity contribution in [1.29, 1.82) is 0 Å². The molecule has 0 saturated heterocycles. The van der Waals surface area contributed by atoms with Crippen LogP contribution in [0.15, 0.2) is 18.2 Å². The van der Waals surface area contributed by atoms with Gasteiger partial charge in [-0.1, -0.05) is 26.8 Å². The van der Waals surface area contributed by atoms with Gasteiger partial charge in [0, 0.05) is 6.54 Å². The molecule has 0 radical (unpaired) electrons. The van der Waals surface area contributed by atoms with Gasteiger partial charge < -0.3 is 10.4 Å². The van der Waals surface area contributed by atoms with Crippen molar-refractivity contribution in [2.75, 3.05) is 6.54 Å². The molecule has 0 unspecified atom stereocenters. The zero-order valence-corrected chi connectivity index (χ0v) is 10.9. The van der Waals surface area contributed by atoms with Crippen LogP contribution in [-0.4, -0.2) is 28.5 Å². The first-order chi connectivity index (χ1) is 8.29. The number of rotatable bonds is 4. The fourth-order valence-corrected chi connectivity index (χ4v) is 1.32. The molecule has 0 saturated carbocycles. The number of carbonyl (C=O) groups excluding carboxylic acids is 1. The van der Waals surface area contributed by atoms with E-state index in [1.807, 2.05) is 0 Å². The second kappa shape index (κ2) is 5.62. The summed E-state index contributed by atoms with van der Waals surface area (Å²) < 4.78 is 0. The molecular weight excluding hydrogens is 232 g/mol. The maximum atomic E-state index is 11.7. The Hall–Kier alpha value is -1.91. The Bertz CT molecular complexity index is 450. The SMILES string of the molecule is CC(C)(C)CCNC(=O)c1cccc(C(=O)O)n1. The quantitative estimate of drug-likeness (QED) is 0.856. The van der Waals surface area contributed by atoms with Gasteiger partial charge in [0.25, 0.3) is 5.91 Å². The highest BCUT2D eigenvalue weighted by Gasteiger charge is 2.13. The number of pyridine rings is 1. The lowest BCUT2D eigenvalue weighted by molar-refractivity contribution is 0.0690. The van der Waals surface area contributed by atoms with Gasteiger partial charge in [0.05, 0.1) is 0 Å². The summed E-state index contributed by atoms with van der Waals surface area (Å²) in [6.45, 7) is 6.80. The third kappa shape index (κ3) is 4.53. The molecule has 0 fully saturated rings. The van der Waals surface area contributed by atoms with Crippen LogP contribution in [0.3, 0.4) is 0 Å². The maximum absolute atomic E-state index is 11.7. The molecule has 0 aliphatic rings. The highest BCUT2D eigenvalue weighted by Crippen LogP contribution is 2.16. The maximum Gasteiger partial charge on any atom is 0.354 e. The number of carbonyl (C=O) groups is 2. The average Bonchev–Trinajstić information content (AvgIpc) is 2.27. The molecular formula is C13H18N2O3. The molecule has 0 aliphatic carbocycles. The molecule has 1 aromatic heterocycles. The van der Waals surface area contributed by atoms with Crippen LogP contribution in [0.5, 0.6) is 0 Å². The standard InChI is InChI=1S/C13H18N2O3/c1-13(2,3)7-8-14-11(16)9-5-4-6-10(15-9)12(17)18/h4-6H,7-8H2,1-3H3,(H,14,16)(H,17,18). The topological polar surface area (TPSA) is 79.3 Å². The van der Waals surface area contributed by atoms with Crippen LogP contribution >= 0.6 is 0 Å². The van der Waals surface area contributed by atoms with Gasteiger partial charge in [-0.15, -0.1) is 0 Å². The van der Waals surface area contributed by atoms with Crippen LogP contribution < -0.4 is 5.32 Å². The van der Waals surface area contributed by atoms with Crippen LogP contribution in [0.2, 0.25) is 0 Å². The lowest BCUT2D eigenvalue weighted by Gasteiger charge is -2.17. The van der Waals surface area contributed by atoms with Crippen LogP contribution in [0, 0.1) is 5.41 Å². The van der Waals surface area contributed by atoms with E-state index >= 15 is 0 Å². The predicted molar refractivity (Wildman–Crippen MR) is 67.6 cm³/mol. The van der Waals surface area contributed by atoms with Crippen LogP contribution in [0.1, 0.15) is 48.2 Å². The van der Waals surface area contributed by atoms with Crippen molar-refractivity contribution in [2.45, 2.75) is 27.2 Å². The van der Waals surface area contributed by atoms with Gasteiger partial charge >= 0.3 is 5.97 Å². The van der Waals surface area contributed by atoms with Crippen LogP contribution in [0.25, 0.3) is 0 Å². The molecule has 0 bridgehead atoms. The first-order valence-corrected chi connectivity index (χ1v) is 5.78. The number of aromatic nitrogens is 1. The smallest absolute Gasteiger partial charge is 0.354 e. The van der Waals surface area contributed by atoms with Crippen LogP contribution in [0.4, 0.5) is 0 Å². The Labute approximate surface area is 106 Å². The van der Waals surface area contributed by atoms with Crippen molar-refractivity contribution >= 4 is 11.9 Å². The summed E-state index contributed by atoms with van der Waals surface area (Å²) in [6.07, 6.45) is 0.845. The molecule has 1 amide bonds. The van der Waals surface area contributed by atoms with Gasteiger partial charge in [-0.2, -0.15) is 0 Å². The second-order valence-electron chi connectivity index (χ2n) is 5.28.